The van der Waals surface area contributed by atoms with E-state index >= 15 is 0 Å². The normalized spacial score (nSPS) is 15.4. The number of aromatic nitrogens is 2. The molecule has 0 aliphatic carbocycles. The van der Waals surface area contributed by atoms with Gasteiger partial charge in [0.25, 0.3) is 0 Å². The summed E-state index contributed by atoms with van der Waals surface area (Å²) in [6, 6.07) is 15.0. The number of rotatable bonds is 2. The van der Waals surface area contributed by atoms with Crippen molar-refractivity contribution in [3.63, 3.8) is 0 Å². The lowest BCUT2D eigenvalue weighted by Gasteiger charge is -2.28. The minimum Gasteiger partial charge on any atom is -0.372 e. The largest absolute Gasteiger partial charge is 0.372 e. The smallest absolute Gasteiger partial charge is 0.100 e. The maximum Gasteiger partial charge on any atom is 0.100 e. The number of imidazole rings is 1. The van der Waals surface area contributed by atoms with Crippen molar-refractivity contribution in [1.82, 2.24) is 9.55 Å². The molecule has 1 aliphatic rings. The lowest BCUT2D eigenvalue weighted by Crippen LogP contribution is -2.29. The number of benzene rings is 2. The molecule has 4 heteroatoms. The standard InChI is InChI=1S/C18H18BrN3/c19-14-4-9-17-18(12-14)22(13-20-17)16-7-5-15(6-8-16)21-10-2-1-3-11-21/h4-9,12-13H,1-3,10-11H2. The van der Waals surface area contributed by atoms with Crippen LogP contribution in [-0.2, 0) is 0 Å². The molecule has 0 saturated carbocycles. The average molecular weight is 356 g/mol. The SMILES string of the molecule is Brc1ccc2ncn(-c3ccc(N4CCCCC4)cc3)c2c1. The lowest BCUT2D eigenvalue weighted by molar-refractivity contribution is 0.578. The molecule has 0 atom stereocenters. The van der Waals surface area contributed by atoms with Gasteiger partial charge in [0.05, 0.1) is 11.0 Å². The summed E-state index contributed by atoms with van der Waals surface area (Å²) >= 11 is 3.54. The van der Waals surface area contributed by atoms with Gasteiger partial charge in [0.15, 0.2) is 0 Å². The van der Waals surface area contributed by atoms with Gasteiger partial charge in [0.1, 0.15) is 6.33 Å². The number of hydrogen-bond donors (Lipinski definition) is 0. The molecular weight excluding hydrogens is 338 g/mol. The third-order valence-electron chi connectivity index (χ3n) is 4.36. The molecule has 1 fully saturated rings. The van der Waals surface area contributed by atoms with Gasteiger partial charge in [-0.25, -0.2) is 4.98 Å². The monoisotopic (exact) mass is 355 g/mol. The molecule has 0 N–H and O–H groups in total. The van der Waals surface area contributed by atoms with Crippen molar-refractivity contribution in [1.29, 1.82) is 0 Å². The van der Waals surface area contributed by atoms with E-state index in [1.54, 1.807) is 0 Å². The van der Waals surface area contributed by atoms with E-state index in [1.807, 2.05) is 18.5 Å². The van der Waals surface area contributed by atoms with Gasteiger partial charge in [-0.2, -0.15) is 0 Å². The van der Waals surface area contributed by atoms with Crippen molar-refractivity contribution in [2.24, 2.45) is 0 Å². The summed E-state index contributed by atoms with van der Waals surface area (Å²) in [5.74, 6) is 0. The third-order valence-corrected chi connectivity index (χ3v) is 4.85. The quantitative estimate of drug-likeness (QED) is 0.659. The highest BCUT2D eigenvalue weighted by atomic mass is 79.9. The van der Waals surface area contributed by atoms with Gasteiger partial charge in [0.2, 0.25) is 0 Å². The molecular formula is C18H18BrN3. The Labute approximate surface area is 138 Å². The molecule has 22 heavy (non-hydrogen) atoms. The summed E-state index contributed by atoms with van der Waals surface area (Å²) < 4.78 is 3.21. The Morgan fingerprint density at radius 3 is 2.36 bits per heavy atom. The van der Waals surface area contributed by atoms with E-state index in [4.69, 9.17) is 0 Å². The number of anilines is 1. The van der Waals surface area contributed by atoms with Crippen LogP contribution in [0.2, 0.25) is 0 Å². The van der Waals surface area contributed by atoms with Gasteiger partial charge < -0.3 is 4.90 Å². The second kappa shape index (κ2) is 5.76. The highest BCUT2D eigenvalue weighted by Gasteiger charge is 2.11. The van der Waals surface area contributed by atoms with Crippen molar-refractivity contribution in [2.75, 3.05) is 18.0 Å². The number of halogens is 1. The Bertz CT molecular complexity index is 786. The van der Waals surface area contributed by atoms with Crippen molar-refractivity contribution < 1.29 is 0 Å². The minimum atomic E-state index is 1.02. The van der Waals surface area contributed by atoms with Gasteiger partial charge in [-0.15, -0.1) is 0 Å². The highest BCUT2D eigenvalue weighted by molar-refractivity contribution is 9.10. The molecule has 2 heterocycles. The average Bonchev–Trinajstić information content (AvgIpc) is 2.99. The third kappa shape index (κ3) is 2.52. The fraction of sp³-hybridized carbons (Fsp3) is 0.278. The molecule has 1 saturated heterocycles. The summed E-state index contributed by atoms with van der Waals surface area (Å²) in [5, 5.41) is 0. The zero-order valence-corrected chi connectivity index (χ0v) is 14.0. The molecule has 0 unspecified atom stereocenters. The summed E-state index contributed by atoms with van der Waals surface area (Å²) in [5.41, 5.74) is 4.62. The van der Waals surface area contributed by atoms with E-state index in [0.717, 1.165) is 21.2 Å². The molecule has 2 aromatic carbocycles. The van der Waals surface area contributed by atoms with Crippen molar-refractivity contribution in [3.05, 3.63) is 53.3 Å². The van der Waals surface area contributed by atoms with Crippen LogP contribution >= 0.6 is 15.9 Å². The molecule has 0 amide bonds. The molecule has 3 nitrogen and oxygen atoms in total. The Morgan fingerprint density at radius 1 is 0.864 bits per heavy atom. The van der Waals surface area contributed by atoms with Crippen LogP contribution in [0.1, 0.15) is 19.3 Å². The van der Waals surface area contributed by atoms with Gasteiger partial charge in [-0.1, -0.05) is 15.9 Å². The Balaban J connectivity index is 1.68. The number of nitrogens with zero attached hydrogens (tertiary/aromatic N) is 3. The fourth-order valence-electron chi connectivity index (χ4n) is 3.16. The lowest BCUT2D eigenvalue weighted by atomic mass is 10.1. The topological polar surface area (TPSA) is 21.1 Å². The second-order valence-corrected chi connectivity index (χ2v) is 6.73. The van der Waals surface area contributed by atoms with Crippen molar-refractivity contribution in [2.45, 2.75) is 19.3 Å². The zero-order chi connectivity index (χ0) is 14.9. The fourth-order valence-corrected chi connectivity index (χ4v) is 3.51. The molecule has 0 spiro atoms. The van der Waals surface area contributed by atoms with Gasteiger partial charge in [0, 0.05) is 28.9 Å². The van der Waals surface area contributed by atoms with Crippen LogP contribution in [0.3, 0.4) is 0 Å². The maximum absolute atomic E-state index is 4.48. The van der Waals surface area contributed by atoms with Crippen LogP contribution in [-0.4, -0.2) is 22.6 Å². The molecule has 4 rings (SSSR count). The number of piperidine rings is 1. The molecule has 0 bridgehead atoms. The predicted molar refractivity (Wildman–Crippen MR) is 94.8 cm³/mol. The first-order chi connectivity index (χ1) is 10.8. The molecule has 1 aromatic heterocycles. The molecule has 112 valence electrons. The van der Waals surface area contributed by atoms with E-state index in [-0.39, 0.29) is 0 Å². The first kappa shape index (κ1) is 13.8. The van der Waals surface area contributed by atoms with Crippen LogP contribution in [0.15, 0.2) is 53.3 Å². The maximum atomic E-state index is 4.48. The zero-order valence-electron chi connectivity index (χ0n) is 12.4. The molecule has 0 radical (unpaired) electrons. The predicted octanol–water partition coefficient (Wildman–Crippen LogP) is 4.78. The first-order valence-corrected chi connectivity index (χ1v) is 8.58. The van der Waals surface area contributed by atoms with Gasteiger partial charge in [-0.05, 0) is 61.7 Å². The second-order valence-electron chi connectivity index (χ2n) is 5.81. The van der Waals surface area contributed by atoms with Crippen LogP contribution < -0.4 is 4.90 Å². The van der Waals surface area contributed by atoms with Crippen LogP contribution in [0.25, 0.3) is 16.7 Å². The van der Waals surface area contributed by atoms with Crippen LogP contribution in [0.4, 0.5) is 5.69 Å². The van der Waals surface area contributed by atoms with E-state index in [0.29, 0.717) is 0 Å². The summed E-state index contributed by atoms with van der Waals surface area (Å²) in [4.78, 5) is 6.96. The summed E-state index contributed by atoms with van der Waals surface area (Å²) in [7, 11) is 0. The Hall–Kier alpha value is -1.81. The van der Waals surface area contributed by atoms with Gasteiger partial charge >= 0.3 is 0 Å². The van der Waals surface area contributed by atoms with E-state index in [9.17, 15) is 0 Å². The van der Waals surface area contributed by atoms with E-state index in [1.165, 1.54) is 38.0 Å². The minimum absolute atomic E-state index is 1.02. The highest BCUT2D eigenvalue weighted by Crippen LogP contribution is 2.25. The van der Waals surface area contributed by atoms with Gasteiger partial charge in [-0.3, -0.25) is 4.57 Å². The van der Waals surface area contributed by atoms with Crippen LogP contribution in [0, 0.1) is 0 Å². The molecule has 3 aromatic rings. The number of hydrogen-bond acceptors (Lipinski definition) is 2. The van der Waals surface area contributed by atoms with Crippen molar-refractivity contribution >= 4 is 32.7 Å². The van der Waals surface area contributed by atoms with E-state index in [2.05, 4.69) is 60.7 Å². The van der Waals surface area contributed by atoms with E-state index < -0.39 is 0 Å². The Kier molecular flexibility index (Phi) is 3.62. The summed E-state index contributed by atoms with van der Waals surface area (Å²) in [6.07, 6.45) is 5.88. The first-order valence-electron chi connectivity index (χ1n) is 7.79. The number of fused-ring (bicyclic) bond motifs is 1. The summed E-state index contributed by atoms with van der Waals surface area (Å²) in [6.45, 7) is 2.36. The van der Waals surface area contributed by atoms with Crippen molar-refractivity contribution in [3.8, 4) is 5.69 Å². The van der Waals surface area contributed by atoms with Crippen LogP contribution in [0.5, 0.6) is 0 Å². The Morgan fingerprint density at radius 2 is 1.59 bits per heavy atom. The molecule has 1 aliphatic heterocycles.